The number of thiazole rings is 1. The molecule has 2 aliphatic heterocycles. The van der Waals surface area contributed by atoms with Crippen molar-refractivity contribution in [3.05, 3.63) is 39.3 Å². The number of amidine groups is 1. The van der Waals surface area contributed by atoms with E-state index in [0.717, 1.165) is 45.5 Å². The Morgan fingerprint density at radius 1 is 1.15 bits per heavy atom. The number of nitrogens with two attached hydrogens (primary N) is 1. The summed E-state index contributed by atoms with van der Waals surface area (Å²) in [6.07, 6.45) is 3.71. The summed E-state index contributed by atoms with van der Waals surface area (Å²) in [4.78, 5) is 12.5. The Bertz CT molecular complexity index is 903. The lowest BCUT2D eigenvalue weighted by Gasteiger charge is -2.25. The number of rotatable bonds is 3. The van der Waals surface area contributed by atoms with Crippen LogP contribution in [0, 0.1) is 12.3 Å². The summed E-state index contributed by atoms with van der Waals surface area (Å²) in [5.41, 5.74) is 11.5. The van der Waals surface area contributed by atoms with Crippen molar-refractivity contribution in [1.29, 1.82) is 5.41 Å². The van der Waals surface area contributed by atoms with Crippen LogP contribution in [0.1, 0.15) is 66.2 Å². The fourth-order valence-electron chi connectivity index (χ4n) is 3.86. The highest BCUT2D eigenvalue weighted by molar-refractivity contribution is 7.18. The van der Waals surface area contributed by atoms with Gasteiger partial charge in [0.1, 0.15) is 5.82 Å². The number of nitrogen functional groups attached to an aromatic ring is 1. The summed E-state index contributed by atoms with van der Waals surface area (Å²) in [5, 5.41) is 9.39. The Morgan fingerprint density at radius 3 is 2.58 bits per heavy atom. The molecule has 0 radical (unpaired) electrons. The van der Waals surface area contributed by atoms with Crippen LogP contribution >= 0.6 is 11.3 Å². The second-order valence-corrected chi connectivity index (χ2v) is 8.42. The molecule has 3 N–H and O–H groups in total. The Hall–Kier alpha value is -2.21. The van der Waals surface area contributed by atoms with Crippen LogP contribution in [0.5, 0.6) is 0 Å². The van der Waals surface area contributed by atoms with Crippen molar-refractivity contribution in [3.8, 4) is 0 Å². The van der Waals surface area contributed by atoms with Crippen molar-refractivity contribution in [2.75, 3.05) is 23.7 Å². The Labute approximate surface area is 158 Å². The SMILES string of the molecule is Cc1ccc(C(C)C)c2c1C(=N)N=C2c1sc(N2CCCCC2)nc1N. The fourth-order valence-corrected chi connectivity index (χ4v) is 4.90. The van der Waals surface area contributed by atoms with Crippen molar-refractivity contribution in [2.45, 2.75) is 46.0 Å². The van der Waals surface area contributed by atoms with E-state index in [1.807, 2.05) is 6.92 Å². The molecule has 26 heavy (non-hydrogen) atoms. The first kappa shape index (κ1) is 17.2. The minimum absolute atomic E-state index is 0.335. The molecule has 0 aliphatic carbocycles. The molecule has 136 valence electrons. The summed E-state index contributed by atoms with van der Waals surface area (Å²) in [6, 6.07) is 4.26. The molecule has 0 bridgehead atoms. The van der Waals surface area contributed by atoms with Gasteiger partial charge in [-0.15, -0.1) is 0 Å². The number of nitrogens with zero attached hydrogens (tertiary/aromatic N) is 3. The minimum Gasteiger partial charge on any atom is -0.382 e. The van der Waals surface area contributed by atoms with Crippen LogP contribution in [0.2, 0.25) is 0 Å². The largest absolute Gasteiger partial charge is 0.382 e. The molecular weight excluding hydrogens is 342 g/mol. The number of benzene rings is 1. The van der Waals surface area contributed by atoms with Gasteiger partial charge in [-0.25, -0.2) is 9.98 Å². The Balaban J connectivity index is 1.82. The van der Waals surface area contributed by atoms with Crippen LogP contribution in [-0.2, 0) is 0 Å². The van der Waals surface area contributed by atoms with Gasteiger partial charge in [0.05, 0.1) is 10.6 Å². The van der Waals surface area contributed by atoms with E-state index >= 15 is 0 Å². The molecule has 0 saturated carbocycles. The highest BCUT2D eigenvalue weighted by atomic mass is 32.1. The quantitative estimate of drug-likeness (QED) is 0.848. The van der Waals surface area contributed by atoms with Gasteiger partial charge in [-0.1, -0.05) is 37.3 Å². The van der Waals surface area contributed by atoms with E-state index in [1.165, 1.54) is 24.8 Å². The van der Waals surface area contributed by atoms with Crippen molar-refractivity contribution in [3.63, 3.8) is 0 Å². The second-order valence-electron chi connectivity index (χ2n) is 7.44. The first-order valence-electron chi connectivity index (χ1n) is 9.30. The van der Waals surface area contributed by atoms with Crippen LogP contribution < -0.4 is 10.6 Å². The zero-order chi connectivity index (χ0) is 18.4. The molecule has 3 heterocycles. The molecule has 4 rings (SSSR count). The second kappa shape index (κ2) is 6.50. The van der Waals surface area contributed by atoms with Crippen LogP contribution in [0.15, 0.2) is 17.1 Å². The lowest BCUT2D eigenvalue weighted by molar-refractivity contribution is 0.577. The first-order valence-corrected chi connectivity index (χ1v) is 10.1. The highest BCUT2D eigenvalue weighted by Gasteiger charge is 2.31. The maximum Gasteiger partial charge on any atom is 0.187 e. The number of hydrogen-bond acceptors (Lipinski definition) is 5. The summed E-state index contributed by atoms with van der Waals surface area (Å²) in [6.45, 7) is 8.49. The van der Waals surface area contributed by atoms with Crippen molar-refractivity contribution < 1.29 is 0 Å². The van der Waals surface area contributed by atoms with Crippen LogP contribution in [0.3, 0.4) is 0 Å². The van der Waals surface area contributed by atoms with Gasteiger partial charge in [0.25, 0.3) is 0 Å². The normalized spacial score (nSPS) is 17.0. The number of aliphatic imine (C=N–C) groups is 1. The predicted octanol–water partition coefficient (Wildman–Crippen LogP) is 4.32. The van der Waals surface area contributed by atoms with Crippen LogP contribution in [0.4, 0.5) is 10.9 Å². The Morgan fingerprint density at radius 2 is 1.88 bits per heavy atom. The molecule has 0 atom stereocenters. The van der Waals surface area contributed by atoms with Crippen LogP contribution in [0.25, 0.3) is 0 Å². The maximum atomic E-state index is 8.41. The minimum atomic E-state index is 0.335. The number of nitrogens with one attached hydrogen (secondary N) is 1. The van der Waals surface area contributed by atoms with Gasteiger partial charge in [-0.2, -0.15) is 0 Å². The number of piperidine rings is 1. The smallest absolute Gasteiger partial charge is 0.187 e. The van der Waals surface area contributed by atoms with E-state index in [9.17, 15) is 0 Å². The third kappa shape index (κ3) is 2.72. The monoisotopic (exact) mass is 367 g/mol. The summed E-state index contributed by atoms with van der Waals surface area (Å²) >= 11 is 1.62. The van der Waals surface area contributed by atoms with Gasteiger partial charge in [-0.05, 0) is 43.2 Å². The predicted molar refractivity (Wildman–Crippen MR) is 110 cm³/mol. The van der Waals surface area contributed by atoms with E-state index in [-0.39, 0.29) is 0 Å². The molecule has 0 unspecified atom stereocenters. The molecule has 0 amide bonds. The summed E-state index contributed by atoms with van der Waals surface area (Å²) in [7, 11) is 0. The molecule has 1 aromatic carbocycles. The van der Waals surface area contributed by atoms with E-state index < -0.39 is 0 Å². The maximum absolute atomic E-state index is 8.41. The van der Waals surface area contributed by atoms with Gasteiger partial charge in [0, 0.05) is 24.2 Å². The average molecular weight is 368 g/mol. The molecule has 2 aliphatic rings. The Kier molecular flexibility index (Phi) is 4.31. The molecule has 5 nitrogen and oxygen atoms in total. The molecule has 1 fully saturated rings. The van der Waals surface area contributed by atoms with Gasteiger partial charge in [0.2, 0.25) is 0 Å². The zero-order valence-corrected chi connectivity index (χ0v) is 16.4. The van der Waals surface area contributed by atoms with Crippen LogP contribution in [-0.4, -0.2) is 29.6 Å². The highest BCUT2D eigenvalue weighted by Crippen LogP contribution is 2.38. The molecule has 1 saturated heterocycles. The molecule has 2 aromatic rings. The van der Waals surface area contributed by atoms with E-state index in [2.05, 4.69) is 40.9 Å². The fraction of sp³-hybridized carbons (Fsp3) is 0.450. The molecular formula is C20H25N5S. The van der Waals surface area contributed by atoms with Gasteiger partial charge >= 0.3 is 0 Å². The molecule has 0 spiro atoms. The van der Waals surface area contributed by atoms with E-state index in [1.54, 1.807) is 11.3 Å². The number of hydrogen-bond donors (Lipinski definition) is 2. The van der Waals surface area contributed by atoms with Gasteiger partial charge in [0.15, 0.2) is 11.0 Å². The average Bonchev–Trinajstić information content (AvgIpc) is 3.17. The van der Waals surface area contributed by atoms with Crippen molar-refractivity contribution in [2.24, 2.45) is 4.99 Å². The lowest BCUT2D eigenvalue weighted by Crippen LogP contribution is -2.29. The molecule has 6 heteroatoms. The standard InChI is InChI=1S/C20H25N5S/c1-11(2)13-8-7-12(3)14-15(13)16(23-18(14)21)17-19(22)24-20(26-17)25-9-5-4-6-10-25/h7-8,11,21H,4-6,9-10,22H2,1-3H3. The lowest BCUT2D eigenvalue weighted by atomic mass is 9.89. The van der Waals surface area contributed by atoms with E-state index in [0.29, 0.717) is 17.6 Å². The van der Waals surface area contributed by atoms with Gasteiger partial charge in [-0.3, -0.25) is 5.41 Å². The van der Waals surface area contributed by atoms with Crippen molar-refractivity contribution >= 4 is 33.8 Å². The van der Waals surface area contributed by atoms with E-state index in [4.69, 9.17) is 11.1 Å². The summed E-state index contributed by atoms with van der Waals surface area (Å²) in [5.74, 6) is 1.23. The van der Waals surface area contributed by atoms with Crippen molar-refractivity contribution in [1.82, 2.24) is 4.98 Å². The number of aromatic nitrogens is 1. The number of fused-ring (bicyclic) bond motifs is 1. The van der Waals surface area contributed by atoms with Gasteiger partial charge < -0.3 is 10.6 Å². The molecule has 1 aromatic heterocycles. The third-order valence-electron chi connectivity index (χ3n) is 5.25. The zero-order valence-electron chi connectivity index (χ0n) is 15.6. The topological polar surface area (TPSA) is 78.4 Å². The number of aryl methyl sites for hydroxylation is 1. The number of anilines is 2. The summed E-state index contributed by atoms with van der Waals surface area (Å²) < 4.78 is 0. The first-order chi connectivity index (χ1) is 12.5. The third-order valence-corrected chi connectivity index (χ3v) is 6.39.